The van der Waals surface area contributed by atoms with Gasteiger partial charge in [-0.3, -0.25) is 0 Å². The van der Waals surface area contributed by atoms with Crippen LogP contribution in [0, 0.1) is 0 Å². The van der Waals surface area contributed by atoms with Crippen LogP contribution in [0.3, 0.4) is 0 Å². The molecule has 9 rings (SSSR count). The summed E-state index contributed by atoms with van der Waals surface area (Å²) < 4.78 is 0. The second kappa shape index (κ2) is 13.9. The maximum absolute atomic E-state index is 2.36. The lowest BCUT2D eigenvalue weighted by molar-refractivity contribution is 1.55. The Morgan fingerprint density at radius 1 is 0.288 bits per heavy atom. The van der Waals surface area contributed by atoms with Crippen LogP contribution in [-0.2, 0) is 0 Å². The van der Waals surface area contributed by atoms with Gasteiger partial charge in [0.15, 0.2) is 0 Å². The molecule has 0 aliphatic rings. The molecule has 0 amide bonds. The summed E-state index contributed by atoms with van der Waals surface area (Å²) in [5, 5.41) is 5.00. The molecule has 0 atom stereocenters. The lowest BCUT2D eigenvalue weighted by atomic mass is 9.83. The third-order valence-corrected chi connectivity index (χ3v) is 10.1. The molecule has 9 aromatic carbocycles. The fraction of sp³-hybridized carbons (Fsp3) is 0. The zero-order chi connectivity index (χ0) is 34.7. The molecule has 0 aliphatic carbocycles. The van der Waals surface area contributed by atoms with Gasteiger partial charge in [-0.1, -0.05) is 206 Å². The molecule has 9 aromatic rings. The fourth-order valence-corrected chi connectivity index (χ4v) is 7.64. The van der Waals surface area contributed by atoms with Crippen molar-refractivity contribution >= 4 is 33.2 Å². The normalized spacial score (nSPS) is 11.1. The summed E-state index contributed by atoms with van der Waals surface area (Å²) in [7, 11) is 0. The van der Waals surface area contributed by atoms with E-state index in [1.54, 1.807) is 0 Å². The standard InChI is InChI=1S/C52H36/c1-5-17-38(18-6-1)43-33-34-48(50(36-43)41-23-11-4-12-24-41)52-46-27-15-13-25-44(46)51(45-26-14-16-28-47(45)52)42-31-29-37(30-32-42)35-49(39-19-7-2-8-20-39)40-21-9-3-10-22-40/h1-36H. The van der Waals surface area contributed by atoms with Crippen molar-refractivity contribution in [3.8, 4) is 44.5 Å². The van der Waals surface area contributed by atoms with Gasteiger partial charge in [0, 0.05) is 0 Å². The van der Waals surface area contributed by atoms with Gasteiger partial charge in [-0.05, 0) is 100 Å². The maximum atomic E-state index is 2.36. The number of fused-ring (bicyclic) bond motifs is 2. The first kappa shape index (κ1) is 31.2. The van der Waals surface area contributed by atoms with Crippen molar-refractivity contribution < 1.29 is 0 Å². The van der Waals surface area contributed by atoms with Crippen LogP contribution in [0.25, 0.3) is 77.7 Å². The summed E-state index contributed by atoms with van der Waals surface area (Å²) in [5.74, 6) is 0. The molecule has 0 saturated carbocycles. The van der Waals surface area contributed by atoms with Gasteiger partial charge in [0.05, 0.1) is 0 Å². The second-order valence-electron chi connectivity index (χ2n) is 13.2. The number of benzene rings is 9. The SMILES string of the molecule is C(=C(c1ccccc1)c1ccccc1)c1ccc(-c2c3ccccc3c(-c3ccc(-c4ccccc4)cc3-c3ccccc3)c3ccccc23)cc1. The Hall–Kier alpha value is -6.76. The predicted molar refractivity (Wildman–Crippen MR) is 223 cm³/mol. The molecule has 52 heavy (non-hydrogen) atoms. The highest BCUT2D eigenvalue weighted by molar-refractivity contribution is 6.22. The van der Waals surface area contributed by atoms with Crippen molar-refractivity contribution in [3.05, 3.63) is 229 Å². The van der Waals surface area contributed by atoms with Gasteiger partial charge in [0.2, 0.25) is 0 Å². The monoisotopic (exact) mass is 660 g/mol. The highest BCUT2D eigenvalue weighted by Crippen LogP contribution is 2.47. The Kier molecular flexibility index (Phi) is 8.33. The van der Waals surface area contributed by atoms with Gasteiger partial charge >= 0.3 is 0 Å². The van der Waals surface area contributed by atoms with Gasteiger partial charge in [0.1, 0.15) is 0 Å². The van der Waals surface area contributed by atoms with Crippen molar-refractivity contribution in [2.24, 2.45) is 0 Å². The largest absolute Gasteiger partial charge is 0.0622 e. The molecule has 0 unspecified atom stereocenters. The Bertz CT molecular complexity index is 2570. The van der Waals surface area contributed by atoms with Crippen LogP contribution in [0.5, 0.6) is 0 Å². The molecule has 0 heterocycles. The number of rotatable bonds is 7. The first-order chi connectivity index (χ1) is 25.8. The van der Waals surface area contributed by atoms with E-state index in [9.17, 15) is 0 Å². The molecular formula is C52H36. The van der Waals surface area contributed by atoms with Gasteiger partial charge in [0.25, 0.3) is 0 Å². The average Bonchev–Trinajstić information content (AvgIpc) is 3.23. The summed E-state index contributed by atoms with van der Waals surface area (Å²) >= 11 is 0. The van der Waals surface area contributed by atoms with Crippen LogP contribution in [0.1, 0.15) is 16.7 Å². The molecule has 0 spiro atoms. The molecule has 0 N–H and O–H groups in total. The molecule has 0 radical (unpaired) electrons. The van der Waals surface area contributed by atoms with E-state index in [1.807, 2.05) is 0 Å². The van der Waals surface area contributed by atoms with Crippen LogP contribution >= 0.6 is 0 Å². The minimum absolute atomic E-state index is 1.17. The number of hydrogen-bond acceptors (Lipinski definition) is 0. The third-order valence-electron chi connectivity index (χ3n) is 10.1. The van der Waals surface area contributed by atoms with E-state index in [0.717, 1.165) is 0 Å². The fourth-order valence-electron chi connectivity index (χ4n) is 7.64. The Morgan fingerprint density at radius 3 is 1.23 bits per heavy atom. The first-order valence-corrected chi connectivity index (χ1v) is 17.9. The lowest BCUT2D eigenvalue weighted by Gasteiger charge is -2.20. The minimum atomic E-state index is 1.17. The van der Waals surface area contributed by atoms with Crippen LogP contribution < -0.4 is 0 Å². The van der Waals surface area contributed by atoms with Crippen LogP contribution in [0.2, 0.25) is 0 Å². The molecule has 0 fully saturated rings. The molecule has 0 bridgehead atoms. The van der Waals surface area contributed by atoms with Crippen molar-refractivity contribution in [1.29, 1.82) is 0 Å². The van der Waals surface area contributed by atoms with E-state index in [1.165, 1.54) is 88.3 Å². The highest BCUT2D eigenvalue weighted by Gasteiger charge is 2.19. The van der Waals surface area contributed by atoms with E-state index < -0.39 is 0 Å². The van der Waals surface area contributed by atoms with E-state index >= 15 is 0 Å². The summed E-state index contributed by atoms with van der Waals surface area (Å²) in [6, 6.07) is 76.7. The summed E-state index contributed by atoms with van der Waals surface area (Å²) in [6.45, 7) is 0. The van der Waals surface area contributed by atoms with Crippen molar-refractivity contribution in [1.82, 2.24) is 0 Å². The van der Waals surface area contributed by atoms with Gasteiger partial charge < -0.3 is 0 Å². The van der Waals surface area contributed by atoms with Crippen molar-refractivity contribution in [3.63, 3.8) is 0 Å². The quantitative estimate of drug-likeness (QED) is 0.118. The second-order valence-corrected chi connectivity index (χ2v) is 13.2. The van der Waals surface area contributed by atoms with E-state index in [0.29, 0.717) is 0 Å². The lowest BCUT2D eigenvalue weighted by Crippen LogP contribution is -1.93. The Morgan fingerprint density at radius 2 is 0.712 bits per heavy atom. The average molecular weight is 661 g/mol. The van der Waals surface area contributed by atoms with E-state index in [-0.39, 0.29) is 0 Å². The molecule has 0 aliphatic heterocycles. The van der Waals surface area contributed by atoms with E-state index in [2.05, 4.69) is 218 Å². The smallest absolute Gasteiger partial charge is 0.00201 e. The van der Waals surface area contributed by atoms with Gasteiger partial charge in [-0.2, -0.15) is 0 Å². The zero-order valence-electron chi connectivity index (χ0n) is 28.8. The molecule has 244 valence electrons. The predicted octanol–water partition coefficient (Wildman–Crippen LogP) is 14.2. The molecule has 0 heteroatoms. The molecule has 0 saturated heterocycles. The molecule has 0 nitrogen and oxygen atoms in total. The van der Waals surface area contributed by atoms with E-state index in [4.69, 9.17) is 0 Å². The molecular weight excluding hydrogens is 625 g/mol. The van der Waals surface area contributed by atoms with Crippen molar-refractivity contribution in [2.75, 3.05) is 0 Å². The van der Waals surface area contributed by atoms with Crippen molar-refractivity contribution in [2.45, 2.75) is 0 Å². The topological polar surface area (TPSA) is 0 Å². The third kappa shape index (κ3) is 5.91. The van der Waals surface area contributed by atoms with Crippen LogP contribution in [0.15, 0.2) is 212 Å². The number of hydrogen-bond donors (Lipinski definition) is 0. The van der Waals surface area contributed by atoms with Crippen LogP contribution in [0.4, 0.5) is 0 Å². The first-order valence-electron chi connectivity index (χ1n) is 17.9. The zero-order valence-corrected chi connectivity index (χ0v) is 28.8. The maximum Gasteiger partial charge on any atom is -0.00201 e. The van der Waals surface area contributed by atoms with Crippen LogP contribution in [-0.4, -0.2) is 0 Å². The summed E-state index contributed by atoms with van der Waals surface area (Å²) in [4.78, 5) is 0. The summed E-state index contributed by atoms with van der Waals surface area (Å²) in [5.41, 5.74) is 14.6. The minimum Gasteiger partial charge on any atom is -0.0622 e. The molecule has 0 aromatic heterocycles. The van der Waals surface area contributed by atoms with Gasteiger partial charge in [-0.15, -0.1) is 0 Å². The van der Waals surface area contributed by atoms with Gasteiger partial charge in [-0.25, -0.2) is 0 Å². The Labute approximate surface area is 305 Å². The summed E-state index contributed by atoms with van der Waals surface area (Å²) in [6.07, 6.45) is 2.30. The highest BCUT2D eigenvalue weighted by atomic mass is 14.2. The Balaban J connectivity index is 1.23.